The number of aromatic carboxylic acids is 1. The number of nitrogens with one attached hydrogen (secondary N) is 2. The molecule has 2 aliphatic carbocycles. The van der Waals surface area contributed by atoms with Gasteiger partial charge in [-0.25, -0.2) is 9.59 Å². The van der Waals surface area contributed by atoms with Crippen molar-refractivity contribution in [3.05, 3.63) is 119 Å². The summed E-state index contributed by atoms with van der Waals surface area (Å²) in [7, 11) is 4.69. The third-order valence-electron chi connectivity index (χ3n) is 17.3. The largest absolute Gasteiger partial charge is 0.478 e. The van der Waals surface area contributed by atoms with Gasteiger partial charge >= 0.3 is 11.9 Å². The summed E-state index contributed by atoms with van der Waals surface area (Å²) in [4.78, 5) is 50.6. The number of aromatic nitrogens is 4. The molecule has 2 saturated carbocycles. The molecule has 1 saturated heterocycles. The molecule has 4 aromatic heterocycles. The number of carboxylic acid groups (broad SMARTS) is 1. The maximum Gasteiger partial charge on any atom is 0.337 e. The fourth-order valence-electron chi connectivity index (χ4n) is 13.6. The molecule has 8 aromatic rings. The lowest BCUT2D eigenvalue weighted by molar-refractivity contribution is 0.0599. The van der Waals surface area contributed by atoms with Crippen LogP contribution in [0.2, 0.25) is 0 Å². The highest BCUT2D eigenvalue weighted by Crippen LogP contribution is 2.49. The summed E-state index contributed by atoms with van der Waals surface area (Å²) in [6.07, 6.45) is 20.5. The van der Waals surface area contributed by atoms with Crippen molar-refractivity contribution >= 4 is 67.4 Å². The van der Waals surface area contributed by atoms with Gasteiger partial charge in [0.05, 0.1) is 65.0 Å². The second-order valence-electron chi connectivity index (χ2n) is 22.2. The summed E-state index contributed by atoms with van der Waals surface area (Å²) in [5, 5.41) is 20.0. The van der Waals surface area contributed by atoms with E-state index in [-0.39, 0.29) is 17.8 Å². The summed E-state index contributed by atoms with van der Waals surface area (Å²) in [6.45, 7) is 7.13. The van der Waals surface area contributed by atoms with Gasteiger partial charge in [-0.15, -0.1) is 0 Å². The van der Waals surface area contributed by atoms with Crippen LogP contribution in [-0.4, -0.2) is 108 Å². The third-order valence-corrected chi connectivity index (χ3v) is 17.3. The van der Waals surface area contributed by atoms with Crippen LogP contribution < -0.4 is 10.6 Å². The van der Waals surface area contributed by atoms with Crippen LogP contribution in [0.5, 0.6) is 0 Å². The molecular formula is C65H76N6O9. The van der Waals surface area contributed by atoms with Crippen LogP contribution in [0.3, 0.4) is 0 Å². The van der Waals surface area contributed by atoms with E-state index in [9.17, 15) is 24.3 Å². The zero-order valence-corrected chi connectivity index (χ0v) is 46.7. The molecule has 80 heavy (non-hydrogen) atoms. The van der Waals surface area contributed by atoms with Crippen LogP contribution in [0.15, 0.2) is 85.2 Å². The predicted octanol–water partition coefficient (Wildman–Crippen LogP) is 12.5. The van der Waals surface area contributed by atoms with Crippen LogP contribution in [-0.2, 0) is 45.1 Å². The maximum atomic E-state index is 13.2. The molecule has 4 aromatic carbocycles. The Bertz CT molecular complexity index is 3570. The van der Waals surface area contributed by atoms with E-state index in [0.29, 0.717) is 60.4 Å². The number of amides is 2. The van der Waals surface area contributed by atoms with Crippen LogP contribution in [0.1, 0.15) is 154 Å². The summed E-state index contributed by atoms with van der Waals surface area (Å²) >= 11 is 0. The fraction of sp³-hybridized carbons (Fsp3) is 0.446. The quantitative estimate of drug-likeness (QED) is 0.0796. The van der Waals surface area contributed by atoms with E-state index in [0.717, 1.165) is 109 Å². The minimum absolute atomic E-state index is 0.0713. The number of carboxylic acids is 1. The van der Waals surface area contributed by atoms with E-state index in [4.69, 9.17) is 18.9 Å². The Balaban J connectivity index is 0.000000155. The number of ether oxygens (including phenoxy) is 4. The molecule has 15 heteroatoms. The number of rotatable bonds is 12. The second kappa shape index (κ2) is 24.7. The first-order chi connectivity index (χ1) is 39.2. The van der Waals surface area contributed by atoms with Crippen molar-refractivity contribution in [3.8, 4) is 22.5 Å². The van der Waals surface area contributed by atoms with Crippen LogP contribution in [0.25, 0.3) is 66.1 Å². The van der Waals surface area contributed by atoms with Crippen molar-refractivity contribution < 1.29 is 43.2 Å². The molecule has 0 unspecified atom stereocenters. The molecule has 420 valence electrons. The number of carbonyl (C=O) groups is 4. The van der Waals surface area contributed by atoms with Gasteiger partial charge in [-0.05, 0) is 98.6 Å². The number of aryl methyl sites for hydroxylation is 4. The first kappa shape index (κ1) is 54.7. The van der Waals surface area contributed by atoms with Gasteiger partial charge in [0.1, 0.15) is 0 Å². The Morgan fingerprint density at radius 1 is 0.550 bits per heavy atom. The van der Waals surface area contributed by atoms with Crippen molar-refractivity contribution in [1.29, 1.82) is 0 Å². The van der Waals surface area contributed by atoms with Crippen molar-refractivity contribution in [2.24, 2.45) is 0 Å². The molecular weight excluding hydrogens is 1010 g/mol. The van der Waals surface area contributed by atoms with Crippen LogP contribution in [0.4, 0.5) is 0 Å². The van der Waals surface area contributed by atoms with E-state index < -0.39 is 5.97 Å². The Morgan fingerprint density at radius 3 is 1.44 bits per heavy atom. The van der Waals surface area contributed by atoms with E-state index in [1.54, 1.807) is 20.3 Å². The van der Waals surface area contributed by atoms with Crippen LogP contribution >= 0.6 is 0 Å². The van der Waals surface area contributed by atoms with Crippen molar-refractivity contribution in [2.75, 3.05) is 60.8 Å². The summed E-state index contributed by atoms with van der Waals surface area (Å²) in [5.74, 6) is -0.455. The number of carbonyl (C=O) groups excluding carboxylic acids is 3. The molecule has 0 atom stereocenters. The molecule has 0 bridgehead atoms. The van der Waals surface area contributed by atoms with Crippen molar-refractivity contribution in [2.45, 2.75) is 128 Å². The number of benzene rings is 4. The average Bonchev–Trinajstić information content (AvgIpc) is 4.43. The second-order valence-corrected chi connectivity index (χ2v) is 22.2. The standard InChI is InChI=1S/C31H35N3O4.C30H33N3O4.C4H8O/c1-37-17-14-32-30(35)25-19-33-15-7-16-34-26-18-21(31(36)38-2)12-13-23(26)27(20-8-4-3-5-9-20)29(34)24-11-6-10-22(25)28(24)33;1-37-16-13-31-29(34)24-18-32-14-6-15-33-25-17-20(30(35)36)11-12-22(25)26(19-7-3-2-4-8-19)28(33)23-10-5-9-21(24)27(23)32;1-2-4-5-3-1/h6,10-13,18-20H,3-5,7-9,14-17H2,1-2H3,(H,32,35);5,9-12,17-19H,2-4,6-8,13-16H2,1H3,(H,31,34)(H,35,36);1-4H2. The van der Waals surface area contributed by atoms with Crippen molar-refractivity contribution in [1.82, 2.24) is 28.9 Å². The highest BCUT2D eigenvalue weighted by molar-refractivity contribution is 6.13. The molecule has 3 fully saturated rings. The smallest absolute Gasteiger partial charge is 0.337 e. The summed E-state index contributed by atoms with van der Waals surface area (Å²) < 4.78 is 29.5. The zero-order chi connectivity index (χ0) is 55.3. The van der Waals surface area contributed by atoms with Gasteiger partial charge in [0, 0.05) is 123 Å². The number of methoxy groups -OCH3 is 3. The Hall–Kier alpha value is -7.20. The molecule has 0 spiro atoms. The lowest BCUT2D eigenvalue weighted by atomic mass is 9.81. The van der Waals surface area contributed by atoms with Gasteiger partial charge in [-0.3, -0.25) is 9.59 Å². The Morgan fingerprint density at radius 2 is 1.01 bits per heavy atom. The number of nitrogens with zero attached hydrogens (tertiary/aromatic N) is 4. The van der Waals surface area contributed by atoms with E-state index in [1.165, 1.54) is 105 Å². The normalized spacial score (nSPS) is 16.3. The molecule has 13 rings (SSSR count). The zero-order valence-electron chi connectivity index (χ0n) is 46.7. The van der Waals surface area contributed by atoms with Gasteiger partial charge < -0.3 is 53.0 Å². The highest BCUT2D eigenvalue weighted by atomic mass is 16.5. The van der Waals surface area contributed by atoms with Crippen LogP contribution in [0, 0.1) is 0 Å². The number of esters is 1. The number of para-hydroxylation sites is 2. The molecule has 15 nitrogen and oxygen atoms in total. The molecule has 7 heterocycles. The summed E-state index contributed by atoms with van der Waals surface area (Å²) in [5.41, 5.74) is 14.0. The molecule has 2 amide bonds. The lowest BCUT2D eigenvalue weighted by Gasteiger charge is -2.25. The monoisotopic (exact) mass is 1080 g/mol. The van der Waals surface area contributed by atoms with Gasteiger partial charge in [0.2, 0.25) is 0 Å². The average molecular weight is 1090 g/mol. The topological polar surface area (TPSA) is 169 Å². The minimum atomic E-state index is -0.900. The molecule has 3 N–H and O–H groups in total. The number of hydrogen-bond acceptors (Lipinski definition) is 8. The highest BCUT2D eigenvalue weighted by Gasteiger charge is 2.33. The molecule has 3 aliphatic heterocycles. The lowest BCUT2D eigenvalue weighted by Crippen LogP contribution is -2.26. The van der Waals surface area contributed by atoms with E-state index >= 15 is 0 Å². The SMILES string of the molecule is C1CCOC1.COCCNC(=O)c1cn2c3c(cccc13)-c1c(C3CCCCC3)c3ccc(C(=O)O)cc3n1CCC2.COCCNC(=O)c1cn2c3c(cccc13)-c1c(C3CCCCC3)c3ccc(C(=O)OC)cc3n1CCC2. The van der Waals surface area contributed by atoms with Crippen molar-refractivity contribution in [3.63, 3.8) is 0 Å². The Labute approximate surface area is 467 Å². The first-order valence-electron chi connectivity index (χ1n) is 29.2. The fourth-order valence-corrected chi connectivity index (χ4v) is 13.6. The molecule has 5 aliphatic rings. The first-order valence-corrected chi connectivity index (χ1v) is 29.2. The van der Waals surface area contributed by atoms with E-state index in [2.05, 4.69) is 59.2 Å². The maximum absolute atomic E-state index is 13.2. The number of hydrogen-bond donors (Lipinski definition) is 3. The summed E-state index contributed by atoms with van der Waals surface area (Å²) in [6, 6.07) is 24.2. The van der Waals surface area contributed by atoms with Gasteiger partial charge in [-0.2, -0.15) is 0 Å². The minimum Gasteiger partial charge on any atom is -0.478 e. The van der Waals surface area contributed by atoms with Gasteiger partial charge in [0.15, 0.2) is 0 Å². The third kappa shape index (κ3) is 10.7. The molecule has 0 radical (unpaired) electrons. The Kier molecular flexibility index (Phi) is 16.9. The van der Waals surface area contributed by atoms with Gasteiger partial charge in [-0.1, -0.05) is 87.1 Å². The predicted molar refractivity (Wildman–Crippen MR) is 313 cm³/mol. The number of fused-ring (bicyclic) bond motifs is 8. The van der Waals surface area contributed by atoms with Gasteiger partial charge in [0.25, 0.3) is 11.8 Å². The van der Waals surface area contributed by atoms with E-state index in [1.807, 2.05) is 48.8 Å².